The van der Waals surface area contributed by atoms with E-state index in [2.05, 4.69) is 20.8 Å². The van der Waals surface area contributed by atoms with Gasteiger partial charge in [0.25, 0.3) is 0 Å². The van der Waals surface area contributed by atoms with Crippen LogP contribution >= 0.6 is 0 Å². The van der Waals surface area contributed by atoms with E-state index in [4.69, 9.17) is 9.47 Å². The van der Waals surface area contributed by atoms with Crippen LogP contribution in [-0.2, 0) is 9.47 Å². The Balaban J connectivity index is 2.31. The van der Waals surface area contributed by atoms with Crippen molar-refractivity contribution in [1.29, 1.82) is 0 Å². The van der Waals surface area contributed by atoms with Crippen molar-refractivity contribution in [3.63, 3.8) is 0 Å². The molecule has 0 N–H and O–H groups in total. The quantitative estimate of drug-likeness (QED) is 0.624. The molecule has 0 bridgehead atoms. The van der Waals surface area contributed by atoms with E-state index in [9.17, 15) is 0 Å². The van der Waals surface area contributed by atoms with E-state index >= 15 is 0 Å². The second-order valence-electron chi connectivity index (χ2n) is 3.43. The predicted octanol–water partition coefficient (Wildman–Crippen LogP) is 1.84. The van der Waals surface area contributed by atoms with E-state index in [0.29, 0.717) is 18.1 Å². The van der Waals surface area contributed by atoms with Gasteiger partial charge in [-0.05, 0) is 20.3 Å². The van der Waals surface area contributed by atoms with Crippen LogP contribution < -0.4 is 0 Å². The maximum absolute atomic E-state index is 5.69. The second kappa shape index (κ2) is 4.07. The molecule has 66 valence electrons. The summed E-state index contributed by atoms with van der Waals surface area (Å²) in [5.41, 5.74) is 0. The number of hydrogen-bond donors (Lipinski definition) is 0. The molecule has 1 rings (SSSR count). The summed E-state index contributed by atoms with van der Waals surface area (Å²) < 4.78 is 11.0. The van der Waals surface area contributed by atoms with Gasteiger partial charge >= 0.3 is 0 Å². The fourth-order valence-corrected chi connectivity index (χ4v) is 1.46. The van der Waals surface area contributed by atoms with Gasteiger partial charge in [0.1, 0.15) is 0 Å². The minimum absolute atomic E-state index is 0.329. The minimum atomic E-state index is 0.329. The Morgan fingerprint density at radius 2 is 2.18 bits per heavy atom. The van der Waals surface area contributed by atoms with Gasteiger partial charge in [0, 0.05) is 5.92 Å². The molecule has 0 radical (unpaired) electrons. The normalized spacial score (nSPS) is 31.6. The van der Waals surface area contributed by atoms with Crippen molar-refractivity contribution >= 4 is 0 Å². The van der Waals surface area contributed by atoms with Crippen molar-refractivity contribution in [1.82, 2.24) is 0 Å². The van der Waals surface area contributed by atoms with Crippen LogP contribution in [0.2, 0.25) is 0 Å². The maximum atomic E-state index is 5.69. The molecule has 1 aliphatic heterocycles. The first kappa shape index (κ1) is 9.01. The van der Waals surface area contributed by atoms with Gasteiger partial charge in [0.2, 0.25) is 0 Å². The number of rotatable bonds is 3. The van der Waals surface area contributed by atoms with Crippen LogP contribution in [0.4, 0.5) is 0 Å². The summed E-state index contributed by atoms with van der Waals surface area (Å²) in [6, 6.07) is 0. The lowest BCUT2D eigenvalue weighted by Crippen LogP contribution is -2.25. The first-order chi connectivity index (χ1) is 5.24. The van der Waals surface area contributed by atoms with Gasteiger partial charge in [-0.15, -0.1) is 0 Å². The molecular formula is C9H18O2. The second-order valence-corrected chi connectivity index (χ2v) is 3.43. The molecule has 1 fully saturated rings. The monoisotopic (exact) mass is 158 g/mol. The molecule has 0 aromatic heterocycles. The zero-order valence-electron chi connectivity index (χ0n) is 7.67. The van der Waals surface area contributed by atoms with Gasteiger partial charge in [0.15, 0.2) is 0 Å². The molecule has 0 aliphatic carbocycles. The van der Waals surface area contributed by atoms with Crippen molar-refractivity contribution in [2.24, 2.45) is 5.92 Å². The van der Waals surface area contributed by atoms with Gasteiger partial charge in [-0.1, -0.05) is 6.92 Å². The largest absolute Gasteiger partial charge is 0.378 e. The summed E-state index contributed by atoms with van der Waals surface area (Å²) in [5.74, 6) is 0.623. The Labute approximate surface area is 68.9 Å². The zero-order chi connectivity index (χ0) is 8.27. The first-order valence-corrected chi connectivity index (χ1v) is 4.47. The van der Waals surface area contributed by atoms with E-state index < -0.39 is 0 Å². The van der Waals surface area contributed by atoms with Gasteiger partial charge in [-0.2, -0.15) is 0 Å². The SMILES string of the molecule is CC[C@@H]1COC[C@H]1OC(C)C. The summed E-state index contributed by atoms with van der Waals surface area (Å²) in [6.07, 6.45) is 1.84. The molecule has 0 aromatic rings. The Bertz CT molecular complexity index is 112. The third kappa shape index (κ3) is 2.46. The van der Waals surface area contributed by atoms with E-state index in [1.54, 1.807) is 0 Å². The summed E-state index contributed by atoms with van der Waals surface area (Å²) in [5, 5.41) is 0. The fraction of sp³-hybridized carbons (Fsp3) is 1.00. The zero-order valence-corrected chi connectivity index (χ0v) is 7.67. The first-order valence-electron chi connectivity index (χ1n) is 4.47. The molecule has 1 aliphatic rings. The molecular weight excluding hydrogens is 140 g/mol. The van der Waals surface area contributed by atoms with Crippen molar-refractivity contribution in [3.8, 4) is 0 Å². The highest BCUT2D eigenvalue weighted by molar-refractivity contribution is 4.74. The molecule has 0 spiro atoms. The van der Waals surface area contributed by atoms with Crippen LogP contribution in [-0.4, -0.2) is 25.4 Å². The third-order valence-electron chi connectivity index (χ3n) is 2.11. The van der Waals surface area contributed by atoms with E-state index in [-0.39, 0.29) is 0 Å². The van der Waals surface area contributed by atoms with Gasteiger partial charge in [-0.3, -0.25) is 0 Å². The van der Waals surface area contributed by atoms with Crippen LogP contribution in [0.25, 0.3) is 0 Å². The van der Waals surface area contributed by atoms with Crippen LogP contribution in [0.1, 0.15) is 27.2 Å². The summed E-state index contributed by atoms with van der Waals surface area (Å²) in [4.78, 5) is 0. The standard InChI is InChI=1S/C9H18O2/c1-4-8-5-10-6-9(8)11-7(2)3/h7-9H,4-6H2,1-3H3/t8-,9-/m1/s1. The number of ether oxygens (including phenoxy) is 2. The summed E-state index contributed by atoms with van der Waals surface area (Å²) >= 11 is 0. The van der Waals surface area contributed by atoms with Crippen LogP contribution in [0.5, 0.6) is 0 Å². The summed E-state index contributed by atoms with van der Waals surface area (Å²) in [7, 11) is 0. The lowest BCUT2D eigenvalue weighted by atomic mass is 10.0. The molecule has 1 heterocycles. The minimum Gasteiger partial charge on any atom is -0.378 e. The molecule has 0 aromatic carbocycles. The molecule has 2 heteroatoms. The van der Waals surface area contributed by atoms with Gasteiger partial charge in [0.05, 0.1) is 25.4 Å². The lowest BCUT2D eigenvalue weighted by molar-refractivity contribution is -0.0140. The lowest BCUT2D eigenvalue weighted by Gasteiger charge is -2.18. The van der Waals surface area contributed by atoms with Crippen LogP contribution in [0.3, 0.4) is 0 Å². The van der Waals surface area contributed by atoms with Gasteiger partial charge in [-0.25, -0.2) is 0 Å². The van der Waals surface area contributed by atoms with Crippen LogP contribution in [0.15, 0.2) is 0 Å². The smallest absolute Gasteiger partial charge is 0.0861 e. The molecule has 0 unspecified atom stereocenters. The molecule has 2 atom stereocenters. The Morgan fingerprint density at radius 3 is 2.73 bits per heavy atom. The highest BCUT2D eigenvalue weighted by Gasteiger charge is 2.27. The maximum Gasteiger partial charge on any atom is 0.0861 e. The Hall–Kier alpha value is -0.0800. The predicted molar refractivity (Wildman–Crippen MR) is 44.6 cm³/mol. The van der Waals surface area contributed by atoms with E-state index in [0.717, 1.165) is 19.6 Å². The average Bonchev–Trinajstić information content (AvgIpc) is 2.34. The van der Waals surface area contributed by atoms with Crippen molar-refractivity contribution in [3.05, 3.63) is 0 Å². The topological polar surface area (TPSA) is 18.5 Å². The highest BCUT2D eigenvalue weighted by Crippen LogP contribution is 2.20. The van der Waals surface area contributed by atoms with Crippen LogP contribution in [0, 0.1) is 5.92 Å². The van der Waals surface area contributed by atoms with Crippen molar-refractivity contribution < 1.29 is 9.47 Å². The molecule has 0 amide bonds. The Morgan fingerprint density at radius 1 is 1.45 bits per heavy atom. The van der Waals surface area contributed by atoms with E-state index in [1.165, 1.54) is 0 Å². The fourth-order valence-electron chi connectivity index (χ4n) is 1.46. The number of hydrogen-bond acceptors (Lipinski definition) is 2. The summed E-state index contributed by atoms with van der Waals surface area (Å²) in [6.45, 7) is 8.01. The Kier molecular flexibility index (Phi) is 3.34. The van der Waals surface area contributed by atoms with E-state index in [1.807, 2.05) is 0 Å². The molecule has 1 saturated heterocycles. The van der Waals surface area contributed by atoms with Gasteiger partial charge < -0.3 is 9.47 Å². The van der Waals surface area contributed by atoms with Crippen molar-refractivity contribution in [2.45, 2.75) is 39.4 Å². The molecule has 11 heavy (non-hydrogen) atoms. The molecule has 2 nitrogen and oxygen atoms in total. The average molecular weight is 158 g/mol. The van der Waals surface area contributed by atoms with Crippen molar-refractivity contribution in [2.75, 3.05) is 13.2 Å². The highest BCUT2D eigenvalue weighted by atomic mass is 16.6. The third-order valence-corrected chi connectivity index (χ3v) is 2.11. The molecule has 0 saturated carbocycles.